The minimum Gasteiger partial charge on any atom is -0.352 e. The van der Waals surface area contributed by atoms with Crippen LogP contribution in [0.15, 0.2) is 28.7 Å². The minimum atomic E-state index is 0.0626. The Morgan fingerprint density at radius 1 is 1.26 bits per heavy atom. The van der Waals surface area contributed by atoms with Crippen molar-refractivity contribution in [3.8, 4) is 0 Å². The van der Waals surface area contributed by atoms with Gasteiger partial charge in [-0.1, -0.05) is 48.0 Å². The zero-order chi connectivity index (χ0) is 14.3. The van der Waals surface area contributed by atoms with Gasteiger partial charge in [0.1, 0.15) is 0 Å². The van der Waals surface area contributed by atoms with E-state index in [0.29, 0.717) is 6.54 Å². The molecule has 0 aliphatic carbocycles. The lowest BCUT2D eigenvalue weighted by Crippen LogP contribution is -2.40. The number of amides is 1. The molecule has 0 heterocycles. The summed E-state index contributed by atoms with van der Waals surface area (Å²) in [6.07, 6.45) is 1.95. The van der Waals surface area contributed by atoms with Crippen molar-refractivity contribution in [2.75, 3.05) is 6.54 Å². The zero-order valence-electron chi connectivity index (χ0n) is 11.9. The third-order valence-corrected chi connectivity index (χ3v) is 4.01. The van der Waals surface area contributed by atoms with Crippen molar-refractivity contribution >= 4 is 21.8 Å². The lowest BCUT2D eigenvalue weighted by Gasteiger charge is -2.18. The largest absolute Gasteiger partial charge is 0.352 e. The Kier molecular flexibility index (Phi) is 7.10. The fourth-order valence-corrected chi connectivity index (χ4v) is 2.58. The van der Waals surface area contributed by atoms with Crippen molar-refractivity contribution < 1.29 is 4.79 Å². The molecule has 0 saturated carbocycles. The van der Waals surface area contributed by atoms with Crippen LogP contribution in [-0.2, 0) is 4.79 Å². The smallest absolute Gasteiger partial charge is 0.234 e. The summed E-state index contributed by atoms with van der Waals surface area (Å²) in [6.45, 7) is 6.58. The lowest BCUT2D eigenvalue weighted by molar-refractivity contribution is -0.121. The summed E-state index contributed by atoms with van der Waals surface area (Å²) in [5.41, 5.74) is 1.16. The van der Waals surface area contributed by atoms with Crippen LogP contribution in [0.5, 0.6) is 0 Å². The van der Waals surface area contributed by atoms with Crippen molar-refractivity contribution in [3.63, 3.8) is 0 Å². The third-order valence-electron chi connectivity index (χ3n) is 3.29. The van der Waals surface area contributed by atoms with E-state index in [-0.39, 0.29) is 18.0 Å². The summed E-state index contributed by atoms with van der Waals surface area (Å²) in [4.78, 5) is 11.8. The van der Waals surface area contributed by atoms with Crippen molar-refractivity contribution in [2.24, 2.45) is 0 Å². The number of rotatable bonds is 7. The molecule has 0 spiro atoms. The second kappa shape index (κ2) is 8.33. The first-order chi connectivity index (χ1) is 9.08. The van der Waals surface area contributed by atoms with Crippen molar-refractivity contribution in [3.05, 3.63) is 34.3 Å². The predicted octanol–water partition coefficient (Wildman–Crippen LogP) is 3.40. The molecule has 1 aromatic carbocycles. The molecule has 0 bridgehead atoms. The average Bonchev–Trinajstić information content (AvgIpc) is 2.42. The third kappa shape index (κ3) is 5.33. The highest BCUT2D eigenvalue weighted by atomic mass is 79.9. The van der Waals surface area contributed by atoms with E-state index in [2.05, 4.69) is 53.4 Å². The van der Waals surface area contributed by atoms with E-state index in [1.807, 2.05) is 18.2 Å². The summed E-state index contributed by atoms with van der Waals surface area (Å²) in [7, 11) is 0. The molecule has 0 unspecified atom stereocenters. The number of hydrogen-bond acceptors (Lipinski definition) is 2. The molecule has 0 fully saturated rings. The van der Waals surface area contributed by atoms with Gasteiger partial charge < -0.3 is 10.6 Å². The van der Waals surface area contributed by atoms with Crippen molar-refractivity contribution in [1.82, 2.24) is 10.6 Å². The van der Waals surface area contributed by atoms with Gasteiger partial charge in [0, 0.05) is 16.6 Å². The van der Waals surface area contributed by atoms with E-state index in [1.54, 1.807) is 0 Å². The SMILES string of the molecule is CCC(CC)NC(=O)CN[C@@H](C)c1ccccc1Br. The number of nitrogens with one attached hydrogen (secondary N) is 2. The molecule has 19 heavy (non-hydrogen) atoms. The van der Waals surface area contributed by atoms with Gasteiger partial charge >= 0.3 is 0 Å². The molecule has 1 amide bonds. The van der Waals surface area contributed by atoms with Gasteiger partial charge in [0.2, 0.25) is 5.91 Å². The molecule has 0 radical (unpaired) electrons. The number of carbonyl (C=O) groups excluding carboxylic acids is 1. The quantitative estimate of drug-likeness (QED) is 0.806. The van der Waals surface area contributed by atoms with Crippen LogP contribution in [0.3, 0.4) is 0 Å². The van der Waals surface area contributed by atoms with E-state index in [9.17, 15) is 4.79 Å². The highest BCUT2D eigenvalue weighted by Crippen LogP contribution is 2.22. The Hall–Kier alpha value is -0.870. The Bertz CT molecular complexity index is 405. The van der Waals surface area contributed by atoms with E-state index >= 15 is 0 Å². The molecule has 4 heteroatoms. The fourth-order valence-electron chi connectivity index (χ4n) is 1.95. The van der Waals surface area contributed by atoms with Gasteiger partial charge in [0.15, 0.2) is 0 Å². The van der Waals surface area contributed by atoms with Gasteiger partial charge in [-0.3, -0.25) is 4.79 Å². The molecule has 2 N–H and O–H groups in total. The average molecular weight is 327 g/mol. The molecule has 1 aromatic rings. The van der Waals surface area contributed by atoms with Gasteiger partial charge in [0.25, 0.3) is 0 Å². The van der Waals surface area contributed by atoms with Gasteiger partial charge in [0.05, 0.1) is 6.54 Å². The van der Waals surface area contributed by atoms with Crippen LogP contribution < -0.4 is 10.6 Å². The first kappa shape index (κ1) is 16.2. The Morgan fingerprint density at radius 3 is 2.47 bits per heavy atom. The highest BCUT2D eigenvalue weighted by molar-refractivity contribution is 9.10. The van der Waals surface area contributed by atoms with E-state index in [4.69, 9.17) is 0 Å². The van der Waals surface area contributed by atoms with E-state index < -0.39 is 0 Å². The van der Waals surface area contributed by atoms with Crippen LogP contribution in [0.4, 0.5) is 0 Å². The number of hydrogen-bond donors (Lipinski definition) is 2. The van der Waals surface area contributed by atoms with Crippen LogP contribution >= 0.6 is 15.9 Å². The maximum atomic E-state index is 11.8. The summed E-state index contributed by atoms with van der Waals surface area (Å²) >= 11 is 3.53. The Labute approximate surface area is 124 Å². The molecule has 1 atom stereocenters. The van der Waals surface area contributed by atoms with Crippen LogP contribution in [0, 0.1) is 0 Å². The molecule has 1 rings (SSSR count). The molecule has 0 aromatic heterocycles. The number of halogens is 1. The van der Waals surface area contributed by atoms with Crippen LogP contribution in [-0.4, -0.2) is 18.5 Å². The molecule has 3 nitrogen and oxygen atoms in total. The first-order valence-corrected chi connectivity index (χ1v) is 7.64. The first-order valence-electron chi connectivity index (χ1n) is 6.85. The van der Waals surface area contributed by atoms with Crippen molar-refractivity contribution in [1.29, 1.82) is 0 Å². The molecular weight excluding hydrogens is 304 g/mol. The predicted molar refractivity (Wildman–Crippen MR) is 83.1 cm³/mol. The highest BCUT2D eigenvalue weighted by Gasteiger charge is 2.12. The second-order valence-corrected chi connectivity index (χ2v) is 5.56. The lowest BCUT2D eigenvalue weighted by atomic mass is 10.1. The standard InChI is InChI=1S/C15H23BrN2O/c1-4-12(5-2)18-15(19)10-17-11(3)13-8-6-7-9-14(13)16/h6-9,11-12,17H,4-5,10H2,1-3H3,(H,18,19)/t11-/m0/s1. The molecule has 0 aliphatic heterocycles. The Morgan fingerprint density at radius 2 is 1.89 bits per heavy atom. The number of carbonyl (C=O) groups is 1. The maximum absolute atomic E-state index is 11.8. The number of benzene rings is 1. The Balaban J connectivity index is 2.44. The minimum absolute atomic E-state index is 0.0626. The summed E-state index contributed by atoms with van der Waals surface area (Å²) < 4.78 is 1.07. The van der Waals surface area contributed by atoms with Gasteiger partial charge in [-0.05, 0) is 31.4 Å². The second-order valence-electron chi connectivity index (χ2n) is 4.71. The molecule has 0 saturated heterocycles. The van der Waals surface area contributed by atoms with Crippen LogP contribution in [0.1, 0.15) is 45.2 Å². The zero-order valence-corrected chi connectivity index (χ0v) is 13.5. The summed E-state index contributed by atoms with van der Waals surface area (Å²) in [5.74, 6) is 0.0626. The van der Waals surface area contributed by atoms with Crippen molar-refractivity contribution in [2.45, 2.75) is 45.7 Å². The summed E-state index contributed by atoms with van der Waals surface area (Å²) in [6, 6.07) is 8.48. The normalized spacial score (nSPS) is 12.5. The molecule has 106 valence electrons. The van der Waals surface area contributed by atoms with Gasteiger partial charge in [-0.25, -0.2) is 0 Å². The monoisotopic (exact) mass is 326 g/mol. The maximum Gasteiger partial charge on any atom is 0.234 e. The molecular formula is C15H23BrN2O. The van der Waals surface area contributed by atoms with Gasteiger partial charge in [-0.15, -0.1) is 0 Å². The van der Waals surface area contributed by atoms with Crippen LogP contribution in [0.25, 0.3) is 0 Å². The van der Waals surface area contributed by atoms with Gasteiger partial charge in [-0.2, -0.15) is 0 Å². The van der Waals surface area contributed by atoms with Crippen LogP contribution in [0.2, 0.25) is 0 Å². The topological polar surface area (TPSA) is 41.1 Å². The summed E-state index contributed by atoms with van der Waals surface area (Å²) in [5, 5.41) is 6.28. The molecule has 0 aliphatic rings. The van der Waals surface area contributed by atoms with E-state index in [1.165, 1.54) is 0 Å². The van der Waals surface area contributed by atoms with E-state index in [0.717, 1.165) is 22.9 Å². The fraction of sp³-hybridized carbons (Fsp3) is 0.533.